The standard InChI is InChI=1S/C30H35F2N3O6/c1-39-28-14-20(6-9-27(28)41-22-4-2-3-5-22)18-34-29(37)25-15-23(40-24(16-31)17-32)7-8-26(25)35(30(34)38)21-10-12-33(19-36)13-11-21/h6-9,14-15,19,21-22,24H,2-5,10-13,16-18H2,1H3. The molecule has 1 amide bonds. The van der Waals surface area contributed by atoms with E-state index >= 15 is 0 Å². The van der Waals surface area contributed by atoms with E-state index < -0.39 is 30.7 Å². The first-order valence-corrected chi connectivity index (χ1v) is 14.1. The SMILES string of the molecule is COc1cc(Cn2c(=O)c3cc(OC(CF)CF)ccc3n(C3CCN(C=O)CC3)c2=O)ccc1OC1CCCC1. The smallest absolute Gasteiger partial charge is 0.332 e. The van der Waals surface area contributed by atoms with Gasteiger partial charge in [-0.1, -0.05) is 6.07 Å². The first-order valence-electron chi connectivity index (χ1n) is 14.1. The Hall–Kier alpha value is -3.89. The van der Waals surface area contributed by atoms with Crippen molar-refractivity contribution in [2.75, 3.05) is 33.5 Å². The van der Waals surface area contributed by atoms with Crippen molar-refractivity contribution in [3.8, 4) is 17.2 Å². The van der Waals surface area contributed by atoms with Crippen LogP contribution in [0.3, 0.4) is 0 Å². The quantitative estimate of drug-likeness (QED) is 0.323. The molecule has 5 rings (SSSR count). The van der Waals surface area contributed by atoms with Gasteiger partial charge < -0.3 is 19.1 Å². The molecule has 3 aromatic rings. The average molecular weight is 572 g/mol. The molecule has 0 bridgehead atoms. The number of carbonyl (C=O) groups excluding carboxylic acids is 1. The number of likely N-dealkylation sites (tertiary alicyclic amines) is 1. The molecule has 1 aliphatic heterocycles. The molecule has 2 aliphatic rings. The van der Waals surface area contributed by atoms with Crippen molar-refractivity contribution < 1.29 is 27.8 Å². The molecule has 1 aromatic heterocycles. The van der Waals surface area contributed by atoms with Crippen molar-refractivity contribution in [1.29, 1.82) is 0 Å². The molecule has 41 heavy (non-hydrogen) atoms. The molecule has 1 saturated heterocycles. The minimum absolute atomic E-state index is 0.0243. The molecule has 2 fully saturated rings. The number of benzene rings is 2. The number of hydrogen-bond acceptors (Lipinski definition) is 6. The lowest BCUT2D eigenvalue weighted by molar-refractivity contribution is -0.119. The lowest BCUT2D eigenvalue weighted by Gasteiger charge is -2.31. The zero-order valence-electron chi connectivity index (χ0n) is 23.1. The Bertz CT molecular complexity index is 1490. The van der Waals surface area contributed by atoms with Gasteiger partial charge in [-0.2, -0.15) is 0 Å². The number of hydrogen-bond donors (Lipinski definition) is 0. The van der Waals surface area contributed by atoms with Gasteiger partial charge in [0.25, 0.3) is 5.56 Å². The van der Waals surface area contributed by atoms with Gasteiger partial charge in [0.1, 0.15) is 19.1 Å². The van der Waals surface area contributed by atoms with Gasteiger partial charge in [0.2, 0.25) is 6.41 Å². The van der Waals surface area contributed by atoms with Crippen LogP contribution in [0, 0.1) is 0 Å². The molecule has 220 valence electrons. The van der Waals surface area contributed by atoms with Crippen LogP contribution in [0.5, 0.6) is 17.2 Å². The molecule has 11 heteroatoms. The zero-order chi connectivity index (χ0) is 28.9. The molecule has 2 aromatic carbocycles. The second-order valence-corrected chi connectivity index (χ2v) is 10.7. The number of aromatic nitrogens is 2. The number of piperidine rings is 1. The topological polar surface area (TPSA) is 92.0 Å². The van der Waals surface area contributed by atoms with Gasteiger partial charge >= 0.3 is 5.69 Å². The molecule has 0 atom stereocenters. The Kier molecular flexibility index (Phi) is 8.90. The fraction of sp³-hybridized carbons (Fsp3) is 0.500. The fourth-order valence-corrected chi connectivity index (χ4v) is 5.75. The maximum absolute atomic E-state index is 13.9. The van der Waals surface area contributed by atoms with Gasteiger partial charge in [-0.3, -0.25) is 18.7 Å². The monoisotopic (exact) mass is 571 g/mol. The van der Waals surface area contributed by atoms with Crippen LogP contribution in [0.25, 0.3) is 10.9 Å². The molecule has 0 spiro atoms. The van der Waals surface area contributed by atoms with Gasteiger partial charge in [-0.15, -0.1) is 0 Å². The molecule has 0 unspecified atom stereocenters. The maximum atomic E-state index is 13.9. The number of nitrogens with zero attached hydrogens (tertiary/aromatic N) is 3. The molecule has 0 radical (unpaired) electrons. The van der Waals surface area contributed by atoms with E-state index in [0.717, 1.165) is 36.7 Å². The third kappa shape index (κ3) is 6.08. The van der Waals surface area contributed by atoms with Crippen LogP contribution < -0.4 is 25.5 Å². The summed E-state index contributed by atoms with van der Waals surface area (Å²) in [7, 11) is 1.55. The normalized spacial score (nSPS) is 16.4. The van der Waals surface area contributed by atoms with Crippen molar-refractivity contribution in [2.24, 2.45) is 0 Å². The van der Waals surface area contributed by atoms with E-state index in [4.69, 9.17) is 14.2 Å². The van der Waals surface area contributed by atoms with Crippen LogP contribution in [0.2, 0.25) is 0 Å². The highest BCUT2D eigenvalue weighted by Gasteiger charge is 2.25. The second kappa shape index (κ2) is 12.7. The largest absolute Gasteiger partial charge is 0.493 e. The van der Waals surface area contributed by atoms with Crippen LogP contribution in [0.4, 0.5) is 8.78 Å². The third-order valence-electron chi connectivity index (χ3n) is 7.96. The van der Waals surface area contributed by atoms with Gasteiger partial charge in [-0.25, -0.2) is 13.6 Å². The van der Waals surface area contributed by atoms with Crippen LogP contribution in [-0.2, 0) is 11.3 Å². The summed E-state index contributed by atoms with van der Waals surface area (Å²) in [5.41, 5.74) is 0.0580. The molecule has 9 nitrogen and oxygen atoms in total. The van der Waals surface area contributed by atoms with Crippen molar-refractivity contribution >= 4 is 17.3 Å². The predicted octanol–water partition coefficient (Wildman–Crippen LogP) is 4.02. The first-order chi connectivity index (χ1) is 19.9. The van der Waals surface area contributed by atoms with Gasteiger partial charge in [0.15, 0.2) is 17.6 Å². The number of methoxy groups -OCH3 is 1. The minimum Gasteiger partial charge on any atom is -0.493 e. The summed E-state index contributed by atoms with van der Waals surface area (Å²) in [6, 6.07) is 9.64. The number of carbonyl (C=O) groups is 1. The highest BCUT2D eigenvalue weighted by atomic mass is 19.1. The van der Waals surface area contributed by atoms with Gasteiger partial charge in [0, 0.05) is 19.1 Å². The van der Waals surface area contributed by atoms with Crippen LogP contribution >= 0.6 is 0 Å². The van der Waals surface area contributed by atoms with E-state index in [0.29, 0.717) is 48.5 Å². The zero-order valence-corrected chi connectivity index (χ0v) is 23.1. The lowest BCUT2D eigenvalue weighted by Crippen LogP contribution is -2.44. The Labute approximate surface area is 236 Å². The number of fused-ring (bicyclic) bond motifs is 1. The van der Waals surface area contributed by atoms with Crippen molar-refractivity contribution in [1.82, 2.24) is 14.0 Å². The number of rotatable bonds is 11. The van der Waals surface area contributed by atoms with Crippen LogP contribution in [-0.4, -0.2) is 66.2 Å². The minimum atomic E-state index is -1.29. The predicted molar refractivity (Wildman–Crippen MR) is 150 cm³/mol. The van der Waals surface area contributed by atoms with Crippen LogP contribution in [0.15, 0.2) is 46.0 Å². The number of alkyl halides is 2. The molecule has 1 saturated carbocycles. The first kappa shape index (κ1) is 28.6. The Morgan fingerprint density at radius 2 is 1.71 bits per heavy atom. The molecule has 2 heterocycles. The summed E-state index contributed by atoms with van der Waals surface area (Å²) in [4.78, 5) is 40.6. The Morgan fingerprint density at radius 1 is 0.976 bits per heavy atom. The highest BCUT2D eigenvalue weighted by Crippen LogP contribution is 2.33. The van der Waals surface area contributed by atoms with E-state index in [9.17, 15) is 23.2 Å². The highest BCUT2D eigenvalue weighted by molar-refractivity contribution is 5.80. The second-order valence-electron chi connectivity index (χ2n) is 10.7. The van der Waals surface area contributed by atoms with Crippen molar-refractivity contribution in [3.05, 3.63) is 62.8 Å². The van der Waals surface area contributed by atoms with E-state index in [1.807, 2.05) is 6.07 Å². The summed E-state index contributed by atoms with van der Waals surface area (Å²) < 4.78 is 46.2. The maximum Gasteiger partial charge on any atom is 0.332 e. The van der Waals surface area contributed by atoms with E-state index in [-0.39, 0.29) is 29.8 Å². The number of halogens is 2. The van der Waals surface area contributed by atoms with E-state index in [2.05, 4.69) is 0 Å². The van der Waals surface area contributed by atoms with Crippen molar-refractivity contribution in [3.63, 3.8) is 0 Å². The summed E-state index contributed by atoms with van der Waals surface area (Å²) in [6.07, 6.45) is 4.97. The lowest BCUT2D eigenvalue weighted by atomic mass is 10.0. The number of ether oxygens (including phenoxy) is 3. The fourth-order valence-electron chi connectivity index (χ4n) is 5.75. The van der Waals surface area contributed by atoms with Gasteiger partial charge in [0.05, 0.1) is 30.7 Å². The number of amides is 1. The molecular weight excluding hydrogens is 536 g/mol. The Balaban J connectivity index is 1.56. The van der Waals surface area contributed by atoms with E-state index in [1.165, 1.54) is 12.1 Å². The summed E-state index contributed by atoms with van der Waals surface area (Å²) >= 11 is 0. The Morgan fingerprint density at radius 3 is 2.37 bits per heavy atom. The van der Waals surface area contributed by atoms with E-state index in [1.54, 1.807) is 34.8 Å². The molecular formula is C30H35F2N3O6. The van der Waals surface area contributed by atoms with Gasteiger partial charge in [-0.05, 0) is 74.4 Å². The average Bonchev–Trinajstić information content (AvgIpc) is 3.52. The summed E-state index contributed by atoms with van der Waals surface area (Å²) in [5, 5.41) is 0.199. The summed E-state index contributed by atoms with van der Waals surface area (Å²) in [6.45, 7) is -1.09. The van der Waals surface area contributed by atoms with Crippen LogP contribution in [0.1, 0.15) is 50.1 Å². The third-order valence-corrected chi connectivity index (χ3v) is 7.96. The summed E-state index contributed by atoms with van der Waals surface area (Å²) in [5.74, 6) is 1.27. The molecule has 1 aliphatic carbocycles. The van der Waals surface area contributed by atoms with Crippen molar-refractivity contribution in [2.45, 2.75) is 63.3 Å². The molecule has 0 N–H and O–H groups in total.